The molecule has 7 heteroatoms. The molecule has 0 radical (unpaired) electrons. The number of aliphatic carboxylic acids is 1. The Kier molecular flexibility index (Phi) is 13.6. The minimum atomic E-state index is -0.780. The Bertz CT molecular complexity index is 873. The molecule has 1 aliphatic carbocycles. The zero-order chi connectivity index (χ0) is 29.0. The number of carbonyl (C=O) groups is 2. The molecule has 0 aromatic heterocycles. The predicted molar refractivity (Wildman–Crippen MR) is 156 cm³/mol. The molecular weight excluding hydrogens is 508 g/mol. The average molecular weight is 561 g/mol. The molecule has 2 unspecified atom stereocenters. The molecule has 7 nitrogen and oxygen atoms in total. The smallest absolute Gasteiger partial charge is 0.303 e. The van der Waals surface area contributed by atoms with E-state index in [4.69, 9.17) is 24.1 Å². The van der Waals surface area contributed by atoms with E-state index in [0.717, 1.165) is 51.6 Å². The molecule has 1 saturated carbocycles. The van der Waals surface area contributed by atoms with Crippen molar-refractivity contribution >= 4 is 11.8 Å². The minimum Gasteiger partial charge on any atom is -0.481 e. The van der Waals surface area contributed by atoms with Gasteiger partial charge in [0.15, 0.2) is 12.6 Å². The molecule has 3 aliphatic rings. The number of Topliss-reactive ketones (excluding diaryl/α,β-unsaturated/α-hetero) is 1. The highest BCUT2D eigenvalue weighted by atomic mass is 16.7. The normalized spacial score (nSPS) is 28.8. The second-order valence-corrected chi connectivity index (χ2v) is 12.5. The Morgan fingerprint density at radius 1 is 1.07 bits per heavy atom. The van der Waals surface area contributed by atoms with Crippen molar-refractivity contribution in [2.24, 2.45) is 17.3 Å². The van der Waals surface area contributed by atoms with Gasteiger partial charge >= 0.3 is 5.97 Å². The van der Waals surface area contributed by atoms with Gasteiger partial charge in [0.1, 0.15) is 5.78 Å². The highest BCUT2D eigenvalue weighted by Crippen LogP contribution is 2.39. The van der Waals surface area contributed by atoms with E-state index < -0.39 is 5.97 Å². The molecule has 2 heterocycles. The highest BCUT2D eigenvalue weighted by Gasteiger charge is 2.43. The Hall–Kier alpha value is -1.80. The van der Waals surface area contributed by atoms with Crippen LogP contribution in [0.25, 0.3) is 0 Å². The lowest BCUT2D eigenvalue weighted by Gasteiger charge is -2.36. The van der Waals surface area contributed by atoms with Crippen LogP contribution in [-0.2, 0) is 28.5 Å². The van der Waals surface area contributed by atoms with Crippen molar-refractivity contribution in [1.29, 1.82) is 0 Å². The highest BCUT2D eigenvalue weighted by molar-refractivity contribution is 5.85. The lowest BCUT2D eigenvalue weighted by atomic mass is 9.81. The van der Waals surface area contributed by atoms with Gasteiger partial charge in [0.05, 0.1) is 12.2 Å². The van der Waals surface area contributed by atoms with Crippen molar-refractivity contribution in [3.63, 3.8) is 0 Å². The Labute approximate surface area is 241 Å². The second-order valence-electron chi connectivity index (χ2n) is 12.5. The van der Waals surface area contributed by atoms with Crippen LogP contribution in [0.2, 0.25) is 0 Å². The Morgan fingerprint density at radius 3 is 2.40 bits per heavy atom. The summed E-state index contributed by atoms with van der Waals surface area (Å²) in [6, 6.07) is 0. The van der Waals surface area contributed by atoms with E-state index in [9.17, 15) is 9.59 Å². The van der Waals surface area contributed by atoms with Crippen LogP contribution >= 0.6 is 0 Å². The molecule has 1 N–H and O–H groups in total. The van der Waals surface area contributed by atoms with Gasteiger partial charge in [0.25, 0.3) is 0 Å². The zero-order valence-electron chi connectivity index (χ0n) is 25.1. The SMILES string of the molecule is CC(C)=CCC(C)(C)[C@H](C=C[C@H]1[C@H](OC2CCCCO2)CC(=O)[C@@H]1C/C=C/CCCC(=O)O)OC1CCCCO1. The molecule has 0 aromatic carbocycles. The van der Waals surface area contributed by atoms with Crippen molar-refractivity contribution in [2.75, 3.05) is 13.2 Å². The third-order valence-electron chi connectivity index (χ3n) is 8.24. The summed E-state index contributed by atoms with van der Waals surface area (Å²) in [4.78, 5) is 24.1. The molecule has 0 bridgehead atoms. The summed E-state index contributed by atoms with van der Waals surface area (Å²) in [5.41, 5.74) is 1.11. The van der Waals surface area contributed by atoms with Gasteiger partial charge in [-0.3, -0.25) is 9.59 Å². The van der Waals surface area contributed by atoms with Gasteiger partial charge in [-0.05, 0) is 83.5 Å². The van der Waals surface area contributed by atoms with Crippen LogP contribution in [0.5, 0.6) is 0 Å². The number of allylic oxidation sites excluding steroid dienone is 4. The number of ether oxygens (including phenoxy) is 4. The van der Waals surface area contributed by atoms with Crippen molar-refractivity contribution < 1.29 is 33.6 Å². The fraction of sp³-hybridized carbons (Fsp3) is 0.758. The first-order valence-corrected chi connectivity index (χ1v) is 15.4. The Morgan fingerprint density at radius 2 is 1.77 bits per heavy atom. The number of carboxylic acid groups (broad SMARTS) is 1. The third kappa shape index (κ3) is 10.9. The fourth-order valence-electron chi connectivity index (χ4n) is 5.67. The first-order valence-electron chi connectivity index (χ1n) is 15.4. The molecule has 3 fully saturated rings. The van der Waals surface area contributed by atoms with Gasteiger partial charge in [-0.1, -0.05) is 49.8 Å². The summed E-state index contributed by atoms with van der Waals surface area (Å²) in [5, 5.41) is 8.88. The van der Waals surface area contributed by atoms with Crippen LogP contribution in [0.3, 0.4) is 0 Å². The van der Waals surface area contributed by atoms with E-state index in [1.807, 2.05) is 12.2 Å². The monoisotopic (exact) mass is 560 g/mol. The lowest BCUT2D eigenvalue weighted by Crippen LogP contribution is -2.36. The summed E-state index contributed by atoms with van der Waals surface area (Å²) in [5.74, 6) is -0.840. The summed E-state index contributed by atoms with van der Waals surface area (Å²) in [6.45, 7) is 10.1. The second kappa shape index (κ2) is 16.6. The van der Waals surface area contributed by atoms with E-state index in [1.165, 1.54) is 5.57 Å². The van der Waals surface area contributed by atoms with Crippen LogP contribution in [0.4, 0.5) is 0 Å². The summed E-state index contributed by atoms with van der Waals surface area (Å²) >= 11 is 0. The van der Waals surface area contributed by atoms with E-state index in [-0.39, 0.29) is 54.2 Å². The molecule has 2 saturated heterocycles. The molecule has 2 aliphatic heterocycles. The van der Waals surface area contributed by atoms with Crippen LogP contribution in [-0.4, -0.2) is 54.9 Å². The largest absolute Gasteiger partial charge is 0.481 e. The van der Waals surface area contributed by atoms with Gasteiger partial charge in [0, 0.05) is 37.9 Å². The maximum Gasteiger partial charge on any atom is 0.303 e. The molecule has 40 heavy (non-hydrogen) atoms. The number of rotatable bonds is 15. The van der Waals surface area contributed by atoms with Crippen LogP contribution in [0.1, 0.15) is 105 Å². The number of hydrogen-bond acceptors (Lipinski definition) is 6. The molecule has 0 spiro atoms. The van der Waals surface area contributed by atoms with Crippen LogP contribution in [0, 0.1) is 17.3 Å². The molecule has 0 aromatic rings. The van der Waals surface area contributed by atoms with Crippen molar-refractivity contribution in [3.05, 3.63) is 36.0 Å². The first-order chi connectivity index (χ1) is 19.2. The quantitative estimate of drug-likeness (QED) is 0.168. The van der Waals surface area contributed by atoms with Crippen molar-refractivity contribution in [2.45, 2.75) is 130 Å². The van der Waals surface area contributed by atoms with Crippen molar-refractivity contribution in [3.8, 4) is 0 Å². The van der Waals surface area contributed by atoms with E-state index in [2.05, 4.69) is 45.9 Å². The zero-order valence-corrected chi connectivity index (χ0v) is 25.1. The number of carboxylic acids is 1. The molecule has 3 rings (SSSR count). The average Bonchev–Trinajstić information content (AvgIpc) is 3.21. The number of unbranched alkanes of at least 4 members (excludes halogenated alkanes) is 1. The number of hydrogen-bond donors (Lipinski definition) is 1. The standard InChI is InChI=1S/C33H52O7/c1-24(2)19-20-33(3,4)29(40-32-16-10-12-22-38-32)18-17-26-25(13-7-5-6-8-14-30(35)36)27(34)23-28(26)39-31-15-9-11-21-37-31/h5,7,17-19,25-26,28-29,31-32H,6,8-16,20-23H2,1-4H3,(H,35,36)/b7-5+,18-17?/t25-,26-,28-,29+,31?,32?/m1/s1. The van der Waals surface area contributed by atoms with E-state index in [0.29, 0.717) is 32.3 Å². The van der Waals surface area contributed by atoms with Gasteiger partial charge in [0.2, 0.25) is 0 Å². The molecule has 226 valence electrons. The van der Waals surface area contributed by atoms with Gasteiger partial charge in [-0.15, -0.1) is 0 Å². The summed E-state index contributed by atoms with van der Waals surface area (Å²) in [6.07, 6.45) is 19.1. The number of carbonyl (C=O) groups excluding carboxylic acids is 1. The third-order valence-corrected chi connectivity index (χ3v) is 8.24. The molecular formula is C33H52O7. The maximum atomic E-state index is 13.3. The molecule has 0 amide bonds. The van der Waals surface area contributed by atoms with Gasteiger partial charge in [-0.25, -0.2) is 0 Å². The minimum absolute atomic E-state index is 0.0840. The summed E-state index contributed by atoms with van der Waals surface area (Å²) < 4.78 is 24.8. The Balaban J connectivity index is 1.79. The first kappa shape index (κ1) is 32.7. The van der Waals surface area contributed by atoms with Crippen LogP contribution < -0.4 is 0 Å². The van der Waals surface area contributed by atoms with Crippen molar-refractivity contribution in [1.82, 2.24) is 0 Å². The maximum absolute atomic E-state index is 13.3. The lowest BCUT2D eigenvalue weighted by molar-refractivity contribution is -0.197. The van der Waals surface area contributed by atoms with Gasteiger partial charge in [-0.2, -0.15) is 0 Å². The number of ketones is 1. The predicted octanol–water partition coefficient (Wildman–Crippen LogP) is 7.16. The fourth-order valence-corrected chi connectivity index (χ4v) is 5.67. The summed E-state index contributed by atoms with van der Waals surface area (Å²) in [7, 11) is 0. The molecule has 6 atom stereocenters. The van der Waals surface area contributed by atoms with E-state index in [1.54, 1.807) is 0 Å². The van der Waals surface area contributed by atoms with Gasteiger partial charge < -0.3 is 24.1 Å². The van der Waals surface area contributed by atoms with E-state index >= 15 is 0 Å². The van der Waals surface area contributed by atoms with Crippen LogP contribution in [0.15, 0.2) is 36.0 Å². The topological polar surface area (TPSA) is 91.3 Å².